The Hall–Kier alpha value is -2.91. The molecule has 33 heavy (non-hydrogen) atoms. The Kier molecular flexibility index (Phi) is 6.71. The first-order valence-electron chi connectivity index (χ1n) is 11.1. The van der Waals surface area contributed by atoms with Crippen molar-refractivity contribution >= 4 is 33.2 Å². The molecule has 0 saturated carbocycles. The fraction of sp³-hybridized carbons (Fsp3) is 0.417. The molecule has 1 saturated heterocycles. The smallest absolute Gasteiger partial charge is 0.313 e. The van der Waals surface area contributed by atoms with Gasteiger partial charge in [-0.15, -0.1) is 0 Å². The molecule has 1 fully saturated rings. The first kappa shape index (κ1) is 23.3. The minimum Gasteiger partial charge on any atom is -0.381 e. The number of anilines is 2. The fourth-order valence-corrected chi connectivity index (χ4v) is 5.59. The molecule has 2 amide bonds. The van der Waals surface area contributed by atoms with Crippen molar-refractivity contribution in [3.05, 3.63) is 59.7 Å². The molecule has 176 valence electrons. The van der Waals surface area contributed by atoms with Crippen molar-refractivity contribution in [1.29, 1.82) is 0 Å². The van der Waals surface area contributed by atoms with Gasteiger partial charge in [-0.2, -0.15) is 0 Å². The summed E-state index contributed by atoms with van der Waals surface area (Å²) < 4.78 is 31.1. The summed E-state index contributed by atoms with van der Waals surface area (Å²) >= 11 is 0. The number of ether oxygens (including phenoxy) is 1. The average molecular weight is 472 g/mol. The number of hydrogen-bond donors (Lipinski definition) is 2. The van der Waals surface area contributed by atoms with Crippen LogP contribution in [0.3, 0.4) is 0 Å². The van der Waals surface area contributed by atoms with Crippen molar-refractivity contribution in [1.82, 2.24) is 5.32 Å². The summed E-state index contributed by atoms with van der Waals surface area (Å²) in [6.07, 6.45) is 4.18. The third-order valence-corrected chi connectivity index (χ3v) is 7.63. The van der Waals surface area contributed by atoms with E-state index >= 15 is 0 Å². The van der Waals surface area contributed by atoms with Gasteiger partial charge < -0.3 is 15.4 Å². The largest absolute Gasteiger partial charge is 0.381 e. The highest BCUT2D eigenvalue weighted by molar-refractivity contribution is 7.92. The van der Waals surface area contributed by atoms with E-state index < -0.39 is 21.8 Å². The van der Waals surface area contributed by atoms with Crippen LogP contribution in [0, 0.1) is 0 Å². The van der Waals surface area contributed by atoms with Gasteiger partial charge in [0.1, 0.15) is 0 Å². The van der Waals surface area contributed by atoms with E-state index in [1.54, 1.807) is 18.2 Å². The van der Waals surface area contributed by atoms with E-state index in [1.165, 1.54) is 10.6 Å². The Morgan fingerprint density at radius 2 is 1.79 bits per heavy atom. The molecule has 2 aliphatic heterocycles. The van der Waals surface area contributed by atoms with Crippen LogP contribution in [0.4, 0.5) is 11.4 Å². The van der Waals surface area contributed by atoms with Crippen LogP contribution in [0.15, 0.2) is 48.5 Å². The van der Waals surface area contributed by atoms with Gasteiger partial charge in [0.05, 0.1) is 11.9 Å². The van der Waals surface area contributed by atoms with Gasteiger partial charge in [0.15, 0.2) is 0 Å². The van der Waals surface area contributed by atoms with Crippen molar-refractivity contribution in [3.63, 3.8) is 0 Å². The summed E-state index contributed by atoms with van der Waals surface area (Å²) in [5.41, 5.74) is 2.67. The molecule has 2 aromatic rings. The zero-order valence-electron chi connectivity index (χ0n) is 18.7. The number of aryl methyl sites for hydroxylation is 1. The Morgan fingerprint density at radius 3 is 2.48 bits per heavy atom. The van der Waals surface area contributed by atoms with Crippen LogP contribution in [0.25, 0.3) is 0 Å². The first-order valence-corrected chi connectivity index (χ1v) is 13.0. The highest BCUT2D eigenvalue weighted by atomic mass is 32.2. The Balaban J connectivity index is 1.44. The van der Waals surface area contributed by atoms with Gasteiger partial charge in [-0.25, -0.2) is 8.42 Å². The van der Waals surface area contributed by atoms with Gasteiger partial charge in [-0.05, 0) is 48.9 Å². The summed E-state index contributed by atoms with van der Waals surface area (Å²) in [6.45, 7) is 1.93. The summed E-state index contributed by atoms with van der Waals surface area (Å²) in [5, 5.41) is 5.40. The van der Waals surface area contributed by atoms with E-state index in [0.717, 1.165) is 36.8 Å². The van der Waals surface area contributed by atoms with Crippen molar-refractivity contribution in [2.75, 3.05) is 42.2 Å². The summed E-state index contributed by atoms with van der Waals surface area (Å²) in [4.78, 5) is 25.2. The van der Waals surface area contributed by atoms with Crippen LogP contribution in [-0.2, 0) is 36.2 Å². The maximum absolute atomic E-state index is 12.6. The molecule has 0 aliphatic carbocycles. The number of rotatable bonds is 5. The highest BCUT2D eigenvalue weighted by Gasteiger charge is 2.35. The first-order chi connectivity index (χ1) is 15.8. The third kappa shape index (κ3) is 5.20. The van der Waals surface area contributed by atoms with Gasteiger partial charge in [-0.3, -0.25) is 13.9 Å². The summed E-state index contributed by atoms with van der Waals surface area (Å²) in [6, 6.07) is 15.1. The van der Waals surface area contributed by atoms with Crippen LogP contribution >= 0.6 is 0 Å². The molecule has 2 aliphatic rings. The van der Waals surface area contributed by atoms with E-state index in [4.69, 9.17) is 4.74 Å². The lowest BCUT2D eigenvalue weighted by atomic mass is 9.74. The zero-order valence-corrected chi connectivity index (χ0v) is 19.5. The van der Waals surface area contributed by atoms with Gasteiger partial charge in [0, 0.05) is 37.4 Å². The van der Waals surface area contributed by atoms with E-state index in [-0.39, 0.29) is 5.41 Å². The minimum atomic E-state index is -3.42. The minimum absolute atomic E-state index is 0.280. The van der Waals surface area contributed by atoms with Gasteiger partial charge in [0.25, 0.3) is 0 Å². The van der Waals surface area contributed by atoms with Crippen LogP contribution in [0.2, 0.25) is 0 Å². The third-order valence-electron chi connectivity index (χ3n) is 6.45. The number of carbonyl (C=O) groups excluding carboxylic acids is 2. The Morgan fingerprint density at radius 1 is 1.06 bits per heavy atom. The number of nitrogens with one attached hydrogen (secondary N) is 2. The second-order valence-electron chi connectivity index (χ2n) is 8.68. The number of nitrogens with zero attached hydrogens (tertiary/aromatic N) is 1. The number of hydrogen-bond acceptors (Lipinski definition) is 5. The normalized spacial score (nSPS) is 17.7. The van der Waals surface area contributed by atoms with Gasteiger partial charge in [0.2, 0.25) is 10.0 Å². The molecule has 0 bridgehead atoms. The van der Waals surface area contributed by atoms with Crippen LogP contribution < -0.4 is 14.9 Å². The lowest BCUT2D eigenvalue weighted by Gasteiger charge is -2.37. The number of carbonyl (C=O) groups is 2. The maximum atomic E-state index is 12.6. The lowest BCUT2D eigenvalue weighted by Crippen LogP contribution is -2.47. The van der Waals surface area contributed by atoms with Crippen molar-refractivity contribution in [2.24, 2.45) is 0 Å². The highest BCUT2D eigenvalue weighted by Crippen LogP contribution is 2.34. The molecule has 0 spiro atoms. The molecule has 9 heteroatoms. The molecule has 0 radical (unpaired) electrons. The SMILES string of the molecule is CS(=O)(=O)N1CCCc2ccc(NC(=O)C(=O)NCC3(c4ccccc4)CCOCC3)cc21. The zero-order chi connectivity index (χ0) is 23.5. The number of fused-ring (bicyclic) bond motifs is 1. The molecule has 8 nitrogen and oxygen atoms in total. The summed E-state index contributed by atoms with van der Waals surface area (Å²) in [5.74, 6) is -1.51. The molecule has 4 rings (SSSR count). The maximum Gasteiger partial charge on any atom is 0.313 e. The van der Waals surface area contributed by atoms with Gasteiger partial charge in [-0.1, -0.05) is 36.4 Å². The number of sulfonamides is 1. The topological polar surface area (TPSA) is 105 Å². The van der Waals surface area contributed by atoms with Crippen LogP contribution in [-0.4, -0.2) is 52.8 Å². The Bertz CT molecular complexity index is 1130. The molecule has 2 N–H and O–H groups in total. The van der Waals surface area contributed by atoms with Gasteiger partial charge >= 0.3 is 11.8 Å². The summed E-state index contributed by atoms with van der Waals surface area (Å²) in [7, 11) is -3.42. The van der Waals surface area contributed by atoms with E-state index in [1.807, 2.05) is 30.3 Å². The van der Waals surface area contributed by atoms with Crippen molar-refractivity contribution in [2.45, 2.75) is 31.1 Å². The molecule has 0 atom stereocenters. The second kappa shape index (κ2) is 9.52. The predicted molar refractivity (Wildman–Crippen MR) is 127 cm³/mol. The van der Waals surface area contributed by atoms with E-state index in [0.29, 0.717) is 37.7 Å². The molecular weight excluding hydrogens is 442 g/mol. The van der Waals surface area contributed by atoms with Crippen LogP contribution in [0.1, 0.15) is 30.4 Å². The molecular formula is C24H29N3O5S. The predicted octanol–water partition coefficient (Wildman–Crippen LogP) is 2.20. The van der Waals surface area contributed by atoms with E-state index in [2.05, 4.69) is 10.6 Å². The second-order valence-corrected chi connectivity index (χ2v) is 10.6. The molecule has 2 aromatic carbocycles. The quantitative estimate of drug-likeness (QED) is 0.651. The lowest BCUT2D eigenvalue weighted by molar-refractivity contribution is -0.136. The Labute approximate surface area is 194 Å². The standard InChI is InChI=1S/C24H29N3O5S/c1-33(30,31)27-13-5-6-18-9-10-20(16-21(18)27)26-23(29)22(28)25-17-24(11-14-32-15-12-24)19-7-3-2-4-8-19/h2-4,7-10,16H,5-6,11-15,17H2,1H3,(H,25,28)(H,26,29). The number of amides is 2. The fourth-order valence-electron chi connectivity index (χ4n) is 4.60. The monoisotopic (exact) mass is 471 g/mol. The number of benzene rings is 2. The molecule has 2 heterocycles. The van der Waals surface area contributed by atoms with E-state index in [9.17, 15) is 18.0 Å². The average Bonchev–Trinajstić information content (AvgIpc) is 2.82. The van der Waals surface area contributed by atoms with Crippen molar-refractivity contribution in [3.8, 4) is 0 Å². The molecule has 0 unspecified atom stereocenters. The van der Waals surface area contributed by atoms with Crippen LogP contribution in [0.5, 0.6) is 0 Å². The molecule has 0 aromatic heterocycles. The van der Waals surface area contributed by atoms with Crippen molar-refractivity contribution < 1.29 is 22.7 Å².